The summed E-state index contributed by atoms with van der Waals surface area (Å²) in [7, 11) is 17.3. The zero-order valence-corrected chi connectivity index (χ0v) is 15.2. The van der Waals surface area contributed by atoms with Gasteiger partial charge in [-0.1, -0.05) is 0 Å². The van der Waals surface area contributed by atoms with Gasteiger partial charge in [0.05, 0.1) is 0 Å². The fourth-order valence-corrected chi connectivity index (χ4v) is 9.90. The molecule has 6 heteroatoms. The zero-order chi connectivity index (χ0) is 10.8. The first-order chi connectivity index (χ1) is 5.77. The van der Waals surface area contributed by atoms with Crippen LogP contribution in [0.15, 0.2) is 0 Å². The van der Waals surface area contributed by atoms with Crippen molar-refractivity contribution in [2.24, 2.45) is 0 Å². The van der Waals surface area contributed by atoms with Crippen molar-refractivity contribution in [3.8, 4) is 0 Å². The smallest absolute Gasteiger partial charge is 0 e. The number of hydrogen-bond donors (Lipinski definition) is 0. The molecule has 0 aliphatic heterocycles. The Balaban J connectivity index is 0. The Morgan fingerprint density at radius 1 is 0.500 bits per heavy atom. The van der Waals surface area contributed by atoms with Crippen molar-refractivity contribution in [1.82, 2.24) is 13.5 Å². The van der Waals surface area contributed by atoms with Gasteiger partial charge in [-0.3, -0.25) is 0 Å². The van der Waals surface area contributed by atoms with Crippen molar-refractivity contribution in [1.29, 1.82) is 0 Å². The molecule has 0 aliphatic carbocycles. The number of rotatable bonds is 4. The van der Waals surface area contributed by atoms with E-state index in [1.54, 1.807) is 0 Å². The molecular formula is C8H24N4SnTi. The maximum Gasteiger partial charge on any atom is 0 e. The van der Waals surface area contributed by atoms with E-state index in [-0.39, 0.29) is 23.9 Å². The Hall–Kier alpha value is 1.35. The summed E-state index contributed by atoms with van der Waals surface area (Å²) in [5.41, 5.74) is 0. The van der Waals surface area contributed by atoms with Crippen LogP contribution >= 0.6 is 0 Å². The van der Waals surface area contributed by atoms with E-state index in [9.17, 15) is 0 Å². The van der Waals surface area contributed by atoms with Crippen molar-refractivity contribution in [3.63, 3.8) is 0 Å². The van der Waals surface area contributed by atoms with E-state index in [1.807, 2.05) is 0 Å². The minimum Gasteiger partial charge on any atom is 0 e. The summed E-state index contributed by atoms with van der Waals surface area (Å²) in [6, 6.07) is 0. The van der Waals surface area contributed by atoms with Crippen LogP contribution < -0.4 is 0 Å². The van der Waals surface area contributed by atoms with Gasteiger partial charge in [0.15, 0.2) is 0 Å². The molecule has 0 fully saturated rings. The largest absolute Gasteiger partial charge is 0 e. The van der Waals surface area contributed by atoms with Gasteiger partial charge in [0.1, 0.15) is 0 Å². The Labute approximate surface area is 111 Å². The molecule has 0 saturated heterocycles. The fraction of sp³-hybridized carbons (Fsp3) is 1.00. The third-order valence-electron chi connectivity index (χ3n) is 2.40. The molecule has 0 bridgehead atoms. The van der Waals surface area contributed by atoms with E-state index in [0.717, 1.165) is 0 Å². The minimum absolute atomic E-state index is 0. The molecule has 84 valence electrons. The Morgan fingerprint density at radius 2 is 0.643 bits per heavy atom. The van der Waals surface area contributed by atoms with E-state index >= 15 is 0 Å². The summed E-state index contributed by atoms with van der Waals surface area (Å²) in [5.74, 6) is 0. The third-order valence-corrected chi connectivity index (χ3v) is 9.90. The first kappa shape index (κ1) is 17.7. The summed E-state index contributed by atoms with van der Waals surface area (Å²) in [6.07, 6.45) is 0. The van der Waals surface area contributed by atoms with Crippen molar-refractivity contribution >= 4 is 23.9 Å². The van der Waals surface area contributed by atoms with Crippen LogP contribution in [0.5, 0.6) is 0 Å². The Morgan fingerprint density at radius 3 is 0.643 bits per heavy atom. The zero-order valence-electron chi connectivity index (χ0n) is 10.8. The molecular weight excluding hydrogens is 319 g/mol. The summed E-state index contributed by atoms with van der Waals surface area (Å²) < 4.78 is 9.50. The van der Waals surface area contributed by atoms with Gasteiger partial charge in [-0.15, -0.1) is 0 Å². The van der Waals surface area contributed by atoms with Crippen molar-refractivity contribution in [2.45, 2.75) is 0 Å². The molecule has 0 spiro atoms. The quantitative estimate of drug-likeness (QED) is 0.648. The molecule has 0 heterocycles. The number of hydrogen-bond acceptors (Lipinski definition) is 4. The second-order valence-corrected chi connectivity index (χ2v) is 11.6. The van der Waals surface area contributed by atoms with Gasteiger partial charge in [0.25, 0.3) is 0 Å². The van der Waals surface area contributed by atoms with Gasteiger partial charge >= 0.3 is 87.5 Å². The van der Waals surface area contributed by atoms with E-state index < -0.39 is 17.6 Å². The Bertz CT molecular complexity index is 124. The van der Waals surface area contributed by atoms with Crippen molar-refractivity contribution < 1.29 is 17.6 Å². The molecule has 0 unspecified atom stereocenters. The summed E-state index contributed by atoms with van der Waals surface area (Å²) >= 11 is -2.33. The summed E-state index contributed by atoms with van der Waals surface area (Å²) in [4.78, 5) is 0. The predicted octanol–water partition coefficient (Wildman–Crippen LogP) is -0.334. The molecule has 14 heavy (non-hydrogen) atoms. The normalized spacial score (nSPS) is 12.9. The summed E-state index contributed by atoms with van der Waals surface area (Å²) in [5, 5.41) is 0. The second-order valence-electron chi connectivity index (χ2n) is 4.18. The van der Waals surface area contributed by atoms with Crippen molar-refractivity contribution in [2.75, 3.05) is 56.4 Å². The van der Waals surface area contributed by atoms with E-state index in [2.05, 4.69) is 69.9 Å². The maximum atomic E-state index is 2.38. The molecule has 0 aromatic carbocycles. The SMILES string of the molecule is C[N](C)[Ti]([N](C)C)([N](C)C)[N](C)C.[Sn]. The summed E-state index contributed by atoms with van der Waals surface area (Å²) in [6.45, 7) is 0. The van der Waals surface area contributed by atoms with Gasteiger partial charge in [-0.25, -0.2) is 0 Å². The molecule has 0 aliphatic rings. The molecule has 0 rings (SSSR count). The van der Waals surface area contributed by atoms with Gasteiger partial charge in [0.2, 0.25) is 0 Å². The van der Waals surface area contributed by atoms with Crippen LogP contribution in [0, 0.1) is 0 Å². The van der Waals surface area contributed by atoms with Crippen LogP contribution in [0.1, 0.15) is 0 Å². The van der Waals surface area contributed by atoms with Crippen LogP contribution in [0.4, 0.5) is 0 Å². The predicted molar refractivity (Wildman–Crippen MR) is 60.5 cm³/mol. The van der Waals surface area contributed by atoms with Crippen molar-refractivity contribution in [3.05, 3.63) is 0 Å². The maximum absolute atomic E-state index is 2.38. The topological polar surface area (TPSA) is 13.0 Å². The first-order valence-electron chi connectivity index (χ1n) is 4.47. The van der Waals surface area contributed by atoms with E-state index in [0.29, 0.717) is 0 Å². The average molecular weight is 343 g/mol. The van der Waals surface area contributed by atoms with Gasteiger partial charge in [0, 0.05) is 23.9 Å². The van der Waals surface area contributed by atoms with Crippen LogP contribution in [0.2, 0.25) is 0 Å². The monoisotopic (exact) mass is 344 g/mol. The molecule has 0 saturated carbocycles. The van der Waals surface area contributed by atoms with E-state index in [1.165, 1.54) is 0 Å². The Kier molecular flexibility index (Phi) is 8.66. The molecule has 0 atom stereocenters. The van der Waals surface area contributed by atoms with Gasteiger partial charge in [-0.05, 0) is 0 Å². The second kappa shape index (κ2) is 6.83. The van der Waals surface area contributed by atoms with Crippen LogP contribution in [-0.4, -0.2) is 93.8 Å². The van der Waals surface area contributed by atoms with Gasteiger partial charge < -0.3 is 0 Å². The number of nitrogens with zero attached hydrogens (tertiary/aromatic N) is 4. The standard InChI is InChI=1S/4C2H6N.Sn.Ti/c4*1-3-2;;/h4*1-2H3;;/q4*-1;;+4. The van der Waals surface area contributed by atoms with Crippen LogP contribution in [0.25, 0.3) is 0 Å². The third kappa shape index (κ3) is 3.17. The molecule has 4 radical (unpaired) electrons. The van der Waals surface area contributed by atoms with Gasteiger partial charge in [-0.2, -0.15) is 0 Å². The molecule has 0 aromatic rings. The molecule has 4 nitrogen and oxygen atoms in total. The average Bonchev–Trinajstić information content (AvgIpc) is 1.82. The van der Waals surface area contributed by atoms with Crippen LogP contribution in [-0.2, 0) is 17.6 Å². The molecule has 0 N–H and O–H groups in total. The minimum atomic E-state index is -2.33. The fourth-order valence-electron chi connectivity index (χ4n) is 2.40. The van der Waals surface area contributed by atoms with E-state index in [4.69, 9.17) is 0 Å². The molecule has 0 aromatic heterocycles. The first-order valence-corrected chi connectivity index (χ1v) is 7.27. The van der Waals surface area contributed by atoms with Crippen LogP contribution in [0.3, 0.4) is 0 Å². The molecule has 0 amide bonds.